The van der Waals surface area contributed by atoms with E-state index in [1.807, 2.05) is 17.8 Å². The molecular weight excluding hydrogens is 186 g/mol. The molecule has 2 N–H and O–H groups in total. The number of hydrogen-bond donors (Lipinski definition) is 1. The van der Waals surface area contributed by atoms with Gasteiger partial charge < -0.3 is 10.3 Å². The van der Waals surface area contributed by atoms with E-state index in [2.05, 4.69) is 4.98 Å². The van der Waals surface area contributed by atoms with Crippen LogP contribution >= 0.6 is 0 Å². The van der Waals surface area contributed by atoms with Gasteiger partial charge in [0.25, 0.3) is 0 Å². The Labute approximate surface area is 91.7 Å². The average molecular weight is 207 g/mol. The maximum atomic E-state index is 5.70. The van der Waals surface area contributed by atoms with Gasteiger partial charge in [-0.2, -0.15) is 0 Å². The minimum atomic E-state index is 0.633. The molecule has 15 heavy (non-hydrogen) atoms. The van der Waals surface area contributed by atoms with E-state index in [9.17, 15) is 0 Å². The Morgan fingerprint density at radius 1 is 1.40 bits per heavy atom. The highest BCUT2D eigenvalue weighted by molar-refractivity contribution is 5.21. The first-order valence-electron chi connectivity index (χ1n) is 6.03. The number of rotatable bonds is 3. The first kappa shape index (κ1) is 10.5. The van der Waals surface area contributed by atoms with Crippen LogP contribution in [0.3, 0.4) is 0 Å². The van der Waals surface area contributed by atoms with Gasteiger partial charge in [-0.25, -0.2) is 4.98 Å². The molecule has 0 saturated heterocycles. The van der Waals surface area contributed by atoms with Gasteiger partial charge in [0.2, 0.25) is 0 Å². The summed E-state index contributed by atoms with van der Waals surface area (Å²) < 4.78 is 2.00. The Balaban J connectivity index is 1.84. The van der Waals surface area contributed by atoms with Gasteiger partial charge in [0, 0.05) is 12.7 Å². The molecule has 1 aliphatic rings. The molecule has 0 radical (unpaired) electrons. The highest BCUT2D eigenvalue weighted by Crippen LogP contribution is 2.27. The molecule has 1 aromatic heterocycles. The molecule has 0 bridgehead atoms. The molecule has 2 rings (SSSR count). The van der Waals surface area contributed by atoms with Crippen molar-refractivity contribution in [1.29, 1.82) is 0 Å². The normalized spacial score (nSPS) is 18.2. The topological polar surface area (TPSA) is 43.8 Å². The van der Waals surface area contributed by atoms with E-state index in [0.717, 1.165) is 12.3 Å². The summed E-state index contributed by atoms with van der Waals surface area (Å²) in [6.07, 6.45) is 11.5. The SMILES string of the molecule is Cn1c(CCC2CCCCC2)cnc1N. The molecule has 0 spiro atoms. The van der Waals surface area contributed by atoms with Gasteiger partial charge in [0.05, 0.1) is 6.20 Å². The van der Waals surface area contributed by atoms with Crippen LogP contribution in [0.15, 0.2) is 6.20 Å². The smallest absolute Gasteiger partial charge is 0.200 e. The van der Waals surface area contributed by atoms with E-state index >= 15 is 0 Å². The van der Waals surface area contributed by atoms with Crippen molar-refractivity contribution in [1.82, 2.24) is 9.55 Å². The molecule has 3 heteroatoms. The molecule has 1 heterocycles. The second kappa shape index (κ2) is 4.69. The lowest BCUT2D eigenvalue weighted by molar-refractivity contribution is 0.337. The molecule has 0 aromatic carbocycles. The van der Waals surface area contributed by atoms with E-state index in [1.54, 1.807) is 0 Å². The Morgan fingerprint density at radius 2 is 2.13 bits per heavy atom. The summed E-state index contributed by atoms with van der Waals surface area (Å²) in [4.78, 5) is 4.12. The van der Waals surface area contributed by atoms with Crippen LogP contribution in [-0.4, -0.2) is 9.55 Å². The zero-order chi connectivity index (χ0) is 10.7. The van der Waals surface area contributed by atoms with Crippen LogP contribution in [0, 0.1) is 5.92 Å². The number of nitrogens with zero attached hydrogens (tertiary/aromatic N) is 2. The van der Waals surface area contributed by atoms with Crippen LogP contribution in [0.5, 0.6) is 0 Å². The van der Waals surface area contributed by atoms with E-state index < -0.39 is 0 Å². The number of anilines is 1. The molecule has 1 aliphatic carbocycles. The Morgan fingerprint density at radius 3 is 2.73 bits per heavy atom. The summed E-state index contributed by atoms with van der Waals surface area (Å²) in [7, 11) is 2.00. The van der Waals surface area contributed by atoms with E-state index in [0.29, 0.717) is 5.95 Å². The lowest BCUT2D eigenvalue weighted by Gasteiger charge is -2.21. The molecular formula is C12H21N3. The van der Waals surface area contributed by atoms with Crippen molar-refractivity contribution in [2.24, 2.45) is 13.0 Å². The van der Waals surface area contributed by atoms with E-state index in [1.165, 1.54) is 44.2 Å². The minimum absolute atomic E-state index is 0.633. The van der Waals surface area contributed by atoms with Crippen molar-refractivity contribution in [2.45, 2.75) is 44.9 Å². The van der Waals surface area contributed by atoms with Gasteiger partial charge in [0.15, 0.2) is 5.95 Å². The minimum Gasteiger partial charge on any atom is -0.369 e. The summed E-state index contributed by atoms with van der Waals surface area (Å²) in [6, 6.07) is 0. The zero-order valence-corrected chi connectivity index (χ0v) is 9.58. The third kappa shape index (κ3) is 2.52. The molecule has 84 valence electrons. The van der Waals surface area contributed by atoms with Gasteiger partial charge in [-0.15, -0.1) is 0 Å². The largest absolute Gasteiger partial charge is 0.369 e. The second-order valence-corrected chi connectivity index (χ2v) is 4.71. The fraction of sp³-hybridized carbons (Fsp3) is 0.750. The Hall–Kier alpha value is -0.990. The molecule has 0 amide bonds. The number of aromatic nitrogens is 2. The fourth-order valence-electron chi connectivity index (χ4n) is 2.52. The number of aryl methyl sites for hydroxylation is 1. The molecule has 1 fully saturated rings. The third-order valence-electron chi connectivity index (χ3n) is 3.65. The number of nitrogen functional groups attached to an aromatic ring is 1. The van der Waals surface area contributed by atoms with Gasteiger partial charge >= 0.3 is 0 Å². The van der Waals surface area contributed by atoms with Crippen LogP contribution < -0.4 is 5.73 Å². The standard InChI is InChI=1S/C12H21N3/c1-15-11(9-14-12(15)13)8-7-10-5-3-2-4-6-10/h9-10H,2-8H2,1H3,(H2,13,14). The summed E-state index contributed by atoms with van der Waals surface area (Å²) in [6.45, 7) is 0. The molecule has 1 aromatic rings. The van der Waals surface area contributed by atoms with Crippen LogP contribution in [-0.2, 0) is 13.5 Å². The summed E-state index contributed by atoms with van der Waals surface area (Å²) >= 11 is 0. The highest BCUT2D eigenvalue weighted by Gasteiger charge is 2.14. The monoisotopic (exact) mass is 207 g/mol. The van der Waals surface area contributed by atoms with Gasteiger partial charge in [0.1, 0.15) is 0 Å². The number of hydrogen-bond acceptors (Lipinski definition) is 2. The van der Waals surface area contributed by atoms with Crippen molar-refractivity contribution in [2.75, 3.05) is 5.73 Å². The lowest BCUT2D eigenvalue weighted by atomic mass is 9.86. The number of imidazole rings is 1. The van der Waals surface area contributed by atoms with Crippen molar-refractivity contribution >= 4 is 5.95 Å². The van der Waals surface area contributed by atoms with E-state index in [4.69, 9.17) is 5.73 Å². The molecule has 0 aliphatic heterocycles. The first-order chi connectivity index (χ1) is 7.27. The Kier molecular flexibility index (Phi) is 3.29. The quantitative estimate of drug-likeness (QED) is 0.827. The average Bonchev–Trinajstić information content (AvgIpc) is 2.59. The van der Waals surface area contributed by atoms with Crippen molar-refractivity contribution in [3.63, 3.8) is 0 Å². The molecule has 3 nitrogen and oxygen atoms in total. The summed E-state index contributed by atoms with van der Waals surface area (Å²) in [5.41, 5.74) is 6.98. The predicted octanol–water partition coefficient (Wildman–Crippen LogP) is 2.52. The second-order valence-electron chi connectivity index (χ2n) is 4.71. The third-order valence-corrected chi connectivity index (χ3v) is 3.65. The lowest BCUT2D eigenvalue weighted by Crippen LogP contribution is -2.09. The Bertz CT molecular complexity index is 311. The van der Waals surface area contributed by atoms with Crippen LogP contribution in [0.2, 0.25) is 0 Å². The van der Waals surface area contributed by atoms with Crippen LogP contribution in [0.4, 0.5) is 5.95 Å². The van der Waals surface area contributed by atoms with Crippen molar-refractivity contribution in [3.05, 3.63) is 11.9 Å². The van der Waals surface area contributed by atoms with Crippen LogP contribution in [0.1, 0.15) is 44.2 Å². The summed E-state index contributed by atoms with van der Waals surface area (Å²) in [5.74, 6) is 1.57. The maximum absolute atomic E-state index is 5.70. The number of nitrogens with two attached hydrogens (primary N) is 1. The van der Waals surface area contributed by atoms with Crippen molar-refractivity contribution in [3.8, 4) is 0 Å². The van der Waals surface area contributed by atoms with Crippen LogP contribution in [0.25, 0.3) is 0 Å². The van der Waals surface area contributed by atoms with E-state index in [-0.39, 0.29) is 0 Å². The fourth-order valence-corrected chi connectivity index (χ4v) is 2.52. The zero-order valence-electron chi connectivity index (χ0n) is 9.58. The molecule has 0 atom stereocenters. The van der Waals surface area contributed by atoms with Gasteiger partial charge in [-0.1, -0.05) is 32.1 Å². The summed E-state index contributed by atoms with van der Waals surface area (Å²) in [5, 5.41) is 0. The highest BCUT2D eigenvalue weighted by atomic mass is 15.1. The molecule has 0 unspecified atom stereocenters. The predicted molar refractivity (Wildman–Crippen MR) is 62.5 cm³/mol. The first-order valence-corrected chi connectivity index (χ1v) is 6.03. The van der Waals surface area contributed by atoms with Crippen molar-refractivity contribution < 1.29 is 0 Å². The van der Waals surface area contributed by atoms with Gasteiger partial charge in [-0.3, -0.25) is 0 Å². The maximum Gasteiger partial charge on any atom is 0.200 e. The van der Waals surface area contributed by atoms with Gasteiger partial charge in [-0.05, 0) is 18.8 Å². The molecule has 1 saturated carbocycles.